The molecule has 0 bridgehead atoms. The highest BCUT2D eigenvalue weighted by molar-refractivity contribution is 8.76. The molecule has 0 saturated carbocycles. The maximum absolute atomic E-state index is 5.59. The third-order valence-electron chi connectivity index (χ3n) is 2.72. The van der Waals surface area contributed by atoms with E-state index in [1.54, 1.807) is 0 Å². The Bertz CT molecular complexity index is 378. The van der Waals surface area contributed by atoms with Gasteiger partial charge in [-0.25, -0.2) is 0 Å². The standard InChI is InChI=1S/C18H35N3OS2/c1-15(2)8-7-9-20-17(5)14-22-12-10-21-18(6)24-23-13-11-19-16(3)4/h15-16,18-21H,5,9-14H2,1-4,6H3. The Morgan fingerprint density at radius 1 is 1.12 bits per heavy atom. The lowest BCUT2D eigenvalue weighted by Gasteiger charge is -2.14. The fourth-order valence-electron chi connectivity index (χ4n) is 1.58. The highest BCUT2D eigenvalue weighted by atomic mass is 33.1. The minimum Gasteiger partial charge on any atom is -0.376 e. The van der Waals surface area contributed by atoms with Crippen LogP contribution in [-0.4, -0.2) is 50.0 Å². The SMILES string of the molecule is C=C(COCCNC(C)SSCCNC(C)C)NCC#CC(C)C. The van der Waals surface area contributed by atoms with Crippen LogP contribution in [0.5, 0.6) is 0 Å². The first-order valence-electron chi connectivity index (χ1n) is 8.64. The van der Waals surface area contributed by atoms with E-state index in [-0.39, 0.29) is 0 Å². The largest absolute Gasteiger partial charge is 0.376 e. The second-order valence-corrected chi connectivity index (χ2v) is 8.94. The molecule has 0 saturated heterocycles. The Labute approximate surface area is 157 Å². The van der Waals surface area contributed by atoms with Gasteiger partial charge in [0.25, 0.3) is 0 Å². The van der Waals surface area contributed by atoms with Crippen molar-refractivity contribution in [1.82, 2.24) is 16.0 Å². The molecule has 0 heterocycles. The molecule has 0 aromatic carbocycles. The lowest BCUT2D eigenvalue weighted by molar-refractivity contribution is 0.154. The first-order valence-corrected chi connectivity index (χ1v) is 11.0. The molecular weight excluding hydrogens is 338 g/mol. The van der Waals surface area contributed by atoms with E-state index in [0.29, 0.717) is 37.1 Å². The molecule has 0 fully saturated rings. The first kappa shape index (κ1) is 23.7. The van der Waals surface area contributed by atoms with Crippen LogP contribution in [0.2, 0.25) is 0 Å². The summed E-state index contributed by atoms with van der Waals surface area (Å²) in [6.45, 7) is 18.4. The van der Waals surface area contributed by atoms with E-state index in [1.165, 1.54) is 0 Å². The minimum absolute atomic E-state index is 0.409. The molecule has 4 nitrogen and oxygen atoms in total. The summed E-state index contributed by atoms with van der Waals surface area (Å²) in [4.78, 5) is 0. The van der Waals surface area contributed by atoms with Gasteiger partial charge >= 0.3 is 0 Å². The van der Waals surface area contributed by atoms with E-state index < -0.39 is 0 Å². The van der Waals surface area contributed by atoms with Crippen molar-refractivity contribution in [3.8, 4) is 11.8 Å². The Kier molecular flexibility index (Phi) is 15.9. The molecule has 0 aromatic heterocycles. The van der Waals surface area contributed by atoms with Gasteiger partial charge in [0.2, 0.25) is 0 Å². The number of ether oxygens (including phenoxy) is 1. The predicted octanol–water partition coefficient (Wildman–Crippen LogP) is 3.08. The summed E-state index contributed by atoms with van der Waals surface area (Å²) in [6.07, 6.45) is 0. The summed E-state index contributed by atoms with van der Waals surface area (Å²) in [5.74, 6) is 7.71. The van der Waals surface area contributed by atoms with Gasteiger partial charge in [-0.15, -0.1) is 0 Å². The van der Waals surface area contributed by atoms with Crippen LogP contribution >= 0.6 is 21.6 Å². The molecule has 0 aliphatic rings. The monoisotopic (exact) mass is 373 g/mol. The molecule has 0 aliphatic heterocycles. The Morgan fingerprint density at radius 2 is 1.88 bits per heavy atom. The molecule has 1 unspecified atom stereocenters. The van der Waals surface area contributed by atoms with Crippen molar-refractivity contribution in [3.63, 3.8) is 0 Å². The molecule has 0 amide bonds. The summed E-state index contributed by atoms with van der Waals surface area (Å²) in [5.41, 5.74) is 0.878. The highest BCUT2D eigenvalue weighted by Crippen LogP contribution is 2.24. The predicted molar refractivity (Wildman–Crippen MR) is 111 cm³/mol. The van der Waals surface area contributed by atoms with Crippen LogP contribution in [0.15, 0.2) is 12.3 Å². The molecule has 0 radical (unpaired) electrons. The van der Waals surface area contributed by atoms with Crippen molar-refractivity contribution in [3.05, 3.63) is 12.3 Å². The number of nitrogens with one attached hydrogen (secondary N) is 3. The third kappa shape index (κ3) is 18.0. The molecule has 3 N–H and O–H groups in total. The van der Waals surface area contributed by atoms with E-state index in [1.807, 2.05) is 21.6 Å². The van der Waals surface area contributed by atoms with E-state index >= 15 is 0 Å². The number of rotatable bonds is 14. The Balaban J connectivity index is 3.42. The molecule has 0 rings (SSSR count). The molecule has 1 atom stereocenters. The van der Waals surface area contributed by atoms with Gasteiger partial charge in [-0.3, -0.25) is 0 Å². The van der Waals surface area contributed by atoms with Gasteiger partial charge in [0.1, 0.15) is 0 Å². The van der Waals surface area contributed by atoms with Gasteiger partial charge in [-0.2, -0.15) is 0 Å². The molecular formula is C18H35N3OS2. The van der Waals surface area contributed by atoms with Crippen molar-refractivity contribution < 1.29 is 4.74 Å². The zero-order valence-electron chi connectivity index (χ0n) is 15.9. The Morgan fingerprint density at radius 3 is 2.54 bits per heavy atom. The van der Waals surface area contributed by atoms with Crippen LogP contribution in [-0.2, 0) is 4.74 Å². The van der Waals surface area contributed by atoms with Gasteiger partial charge in [0.05, 0.1) is 25.1 Å². The molecule has 0 aromatic rings. The average molecular weight is 374 g/mol. The highest BCUT2D eigenvalue weighted by Gasteiger charge is 2.02. The summed E-state index contributed by atoms with van der Waals surface area (Å²) in [7, 11) is 3.77. The van der Waals surface area contributed by atoms with Crippen molar-refractivity contribution in [2.45, 2.75) is 46.0 Å². The maximum Gasteiger partial charge on any atom is 0.0857 e. The van der Waals surface area contributed by atoms with Crippen LogP contribution < -0.4 is 16.0 Å². The molecule has 6 heteroatoms. The van der Waals surface area contributed by atoms with Crippen molar-refractivity contribution >= 4 is 21.6 Å². The molecule has 24 heavy (non-hydrogen) atoms. The summed E-state index contributed by atoms with van der Waals surface area (Å²) in [6, 6.07) is 0.565. The van der Waals surface area contributed by atoms with Crippen molar-refractivity contribution in [2.24, 2.45) is 5.92 Å². The smallest absolute Gasteiger partial charge is 0.0857 e. The van der Waals surface area contributed by atoms with Gasteiger partial charge in [-0.1, -0.05) is 67.7 Å². The van der Waals surface area contributed by atoms with Gasteiger partial charge in [0, 0.05) is 36.5 Å². The van der Waals surface area contributed by atoms with E-state index in [9.17, 15) is 0 Å². The summed E-state index contributed by atoms with van der Waals surface area (Å²) >= 11 is 0. The van der Waals surface area contributed by atoms with Gasteiger partial charge in [-0.05, 0) is 6.92 Å². The average Bonchev–Trinajstić information content (AvgIpc) is 2.50. The van der Waals surface area contributed by atoms with Gasteiger partial charge < -0.3 is 20.7 Å². The summed E-state index contributed by atoms with van der Waals surface area (Å²) < 4.78 is 5.59. The third-order valence-corrected chi connectivity index (χ3v) is 5.46. The van der Waals surface area contributed by atoms with Crippen molar-refractivity contribution in [1.29, 1.82) is 0 Å². The van der Waals surface area contributed by atoms with Crippen LogP contribution in [0, 0.1) is 17.8 Å². The lowest BCUT2D eigenvalue weighted by atomic mass is 10.2. The van der Waals surface area contributed by atoms with Crippen LogP contribution in [0.25, 0.3) is 0 Å². The summed E-state index contributed by atoms with van der Waals surface area (Å²) in [5, 5.41) is 10.4. The van der Waals surface area contributed by atoms with Crippen molar-refractivity contribution in [2.75, 3.05) is 38.6 Å². The van der Waals surface area contributed by atoms with E-state index in [2.05, 4.69) is 69.0 Å². The second kappa shape index (κ2) is 16.2. The fourth-order valence-corrected chi connectivity index (χ4v) is 3.62. The molecule has 0 spiro atoms. The number of hydrogen-bond acceptors (Lipinski definition) is 6. The topological polar surface area (TPSA) is 45.3 Å². The fraction of sp³-hybridized carbons (Fsp3) is 0.778. The molecule has 0 aliphatic carbocycles. The van der Waals surface area contributed by atoms with E-state index in [4.69, 9.17) is 4.74 Å². The lowest BCUT2D eigenvalue weighted by Crippen LogP contribution is -2.28. The Hall–Kier alpha value is -0.320. The minimum atomic E-state index is 0.409. The first-order chi connectivity index (χ1) is 11.4. The zero-order chi connectivity index (χ0) is 18.2. The quantitative estimate of drug-likeness (QED) is 0.188. The molecule has 140 valence electrons. The maximum atomic E-state index is 5.59. The van der Waals surface area contributed by atoms with Crippen LogP contribution in [0.3, 0.4) is 0 Å². The van der Waals surface area contributed by atoms with Crippen LogP contribution in [0.4, 0.5) is 0 Å². The van der Waals surface area contributed by atoms with Crippen LogP contribution in [0.1, 0.15) is 34.6 Å². The van der Waals surface area contributed by atoms with E-state index in [0.717, 1.165) is 24.5 Å². The van der Waals surface area contributed by atoms with Gasteiger partial charge in [0.15, 0.2) is 0 Å². The number of hydrogen-bond donors (Lipinski definition) is 3. The normalized spacial score (nSPS) is 12.1. The second-order valence-electron chi connectivity index (χ2n) is 6.11. The zero-order valence-corrected chi connectivity index (χ0v) is 17.5.